The quantitative estimate of drug-likeness (QED) is 0.0462. The summed E-state index contributed by atoms with van der Waals surface area (Å²) in [6.07, 6.45) is 0. The van der Waals surface area contributed by atoms with Crippen LogP contribution < -0.4 is 0 Å². The average molecular weight is 683 g/mol. The Bertz CT molecular complexity index is 2100. The fourth-order valence-corrected chi connectivity index (χ4v) is 3.97. The molecular formula is C27H22N8O12S. The molecule has 4 aromatic carbocycles. The highest BCUT2D eigenvalue weighted by molar-refractivity contribution is 7.85. The van der Waals surface area contributed by atoms with Crippen LogP contribution in [0, 0.1) is 20.2 Å². The first-order chi connectivity index (χ1) is 22.6. The number of hydrogen-bond acceptors (Lipinski definition) is 16. The molecule has 4 aromatic rings. The van der Waals surface area contributed by atoms with Crippen LogP contribution >= 0.6 is 0 Å². The number of benzene rings is 4. The first-order valence-electron chi connectivity index (χ1n) is 13.1. The summed E-state index contributed by atoms with van der Waals surface area (Å²) in [5.41, 5.74) is -3.67. The van der Waals surface area contributed by atoms with Crippen molar-refractivity contribution in [3.63, 3.8) is 0 Å². The minimum Gasteiger partial charge on any atom is -0.505 e. The van der Waals surface area contributed by atoms with Gasteiger partial charge in [-0.1, -0.05) is 13.8 Å². The number of rotatable bonds is 10. The lowest BCUT2D eigenvalue weighted by atomic mass is 10.1. The van der Waals surface area contributed by atoms with E-state index in [-0.39, 0.29) is 27.6 Å². The summed E-state index contributed by atoms with van der Waals surface area (Å²) in [7, 11) is -4.41. The molecule has 0 aliphatic rings. The van der Waals surface area contributed by atoms with Crippen molar-refractivity contribution < 1.29 is 48.0 Å². The summed E-state index contributed by atoms with van der Waals surface area (Å²) < 4.78 is 31.3. The van der Waals surface area contributed by atoms with Gasteiger partial charge in [-0.2, -0.15) is 18.6 Å². The molecule has 0 aromatic heterocycles. The fourth-order valence-electron chi connectivity index (χ4n) is 3.49. The first-order valence-corrected chi connectivity index (χ1v) is 14.5. The van der Waals surface area contributed by atoms with Crippen molar-refractivity contribution >= 4 is 61.6 Å². The monoisotopic (exact) mass is 682 g/mol. The Balaban J connectivity index is 0.00000307. The highest BCUT2D eigenvalue weighted by Gasteiger charge is 2.24. The third kappa shape index (κ3) is 8.70. The molecule has 248 valence electrons. The highest BCUT2D eigenvalue weighted by atomic mass is 32.2. The van der Waals surface area contributed by atoms with E-state index in [4.69, 9.17) is 4.55 Å². The van der Waals surface area contributed by atoms with Crippen LogP contribution in [-0.4, -0.2) is 49.2 Å². The van der Waals surface area contributed by atoms with E-state index in [1.165, 1.54) is 24.3 Å². The van der Waals surface area contributed by atoms with Gasteiger partial charge in [-0.25, -0.2) is 4.79 Å². The van der Waals surface area contributed by atoms with E-state index < -0.39 is 71.5 Å². The van der Waals surface area contributed by atoms with Crippen LogP contribution in [0.3, 0.4) is 0 Å². The van der Waals surface area contributed by atoms with Crippen molar-refractivity contribution in [3.05, 3.63) is 92.5 Å². The minimum atomic E-state index is -4.41. The maximum absolute atomic E-state index is 11.9. The lowest BCUT2D eigenvalue weighted by Gasteiger charge is -2.04. The second kappa shape index (κ2) is 15.0. The predicted molar refractivity (Wildman–Crippen MR) is 165 cm³/mol. The largest absolute Gasteiger partial charge is 0.505 e. The smallest absolute Gasteiger partial charge is 0.338 e. The van der Waals surface area contributed by atoms with Gasteiger partial charge in [0.05, 0.1) is 37.7 Å². The van der Waals surface area contributed by atoms with Gasteiger partial charge in [0.1, 0.15) is 34.2 Å². The summed E-state index contributed by atoms with van der Waals surface area (Å²) in [5, 5.41) is 84.9. The van der Waals surface area contributed by atoms with Gasteiger partial charge in [0.2, 0.25) is 5.75 Å². The van der Waals surface area contributed by atoms with Crippen molar-refractivity contribution in [1.29, 1.82) is 0 Å². The van der Waals surface area contributed by atoms with Crippen LogP contribution in [0.15, 0.2) is 102 Å². The van der Waals surface area contributed by atoms with E-state index in [0.717, 1.165) is 30.3 Å². The number of phenolic OH excluding ortho intramolecular Hbond substituents is 3. The maximum atomic E-state index is 11.9. The van der Waals surface area contributed by atoms with Crippen molar-refractivity contribution in [2.75, 3.05) is 0 Å². The zero-order valence-corrected chi connectivity index (χ0v) is 25.2. The standard InChI is InChI=1S/C25H16N8O12S.C2H6/c34-22-11-23(35)19(30-31-20-8-14(32(39)40)9-21(24(20)36)33(41)42)10-18(22)29-28-17-6-3-13(7-16(17)25(37)38)27-26-12-1-4-15(5-2-12)46(43,44)45;1-2/h1-11,34-36H,(H,37,38)(H,43,44,45);1-2H3. The van der Waals surface area contributed by atoms with Crippen molar-refractivity contribution in [3.8, 4) is 17.2 Å². The summed E-state index contributed by atoms with van der Waals surface area (Å²) >= 11 is 0. The number of nitro benzene ring substituents is 2. The highest BCUT2D eigenvalue weighted by Crippen LogP contribution is 2.43. The van der Waals surface area contributed by atoms with Crippen molar-refractivity contribution in [2.24, 2.45) is 30.7 Å². The molecule has 0 saturated carbocycles. The first kappa shape index (κ1) is 35.7. The number of azo groups is 3. The molecule has 0 amide bonds. The topological polar surface area (TPSA) is 313 Å². The number of nitro groups is 2. The van der Waals surface area contributed by atoms with Gasteiger partial charge in [0, 0.05) is 18.2 Å². The lowest BCUT2D eigenvalue weighted by molar-refractivity contribution is -0.394. The SMILES string of the molecule is CC.O=C(O)c1cc(N=Nc2ccc(S(=O)(=O)O)cc2)ccc1N=Nc1cc(N=Nc2cc([N+](=O)[O-])cc([N+](=O)[O-])c2O)c(O)cc1O. The van der Waals surface area contributed by atoms with E-state index in [0.29, 0.717) is 12.1 Å². The molecule has 0 aliphatic carbocycles. The molecule has 20 nitrogen and oxygen atoms in total. The zero-order chi connectivity index (χ0) is 35.8. The summed E-state index contributed by atoms with van der Waals surface area (Å²) in [6.45, 7) is 4.00. The molecule has 0 aliphatic heterocycles. The van der Waals surface area contributed by atoms with Crippen LogP contribution in [0.1, 0.15) is 24.2 Å². The Hall–Kier alpha value is -6.74. The summed E-state index contributed by atoms with van der Waals surface area (Å²) in [5.74, 6) is -3.82. The Morgan fingerprint density at radius 2 is 1.19 bits per heavy atom. The molecule has 0 spiro atoms. The minimum absolute atomic E-state index is 0.0509. The van der Waals surface area contributed by atoms with Gasteiger partial charge in [-0.15, -0.1) is 20.5 Å². The average Bonchev–Trinajstić information content (AvgIpc) is 3.04. The Morgan fingerprint density at radius 3 is 1.71 bits per heavy atom. The second-order valence-corrected chi connectivity index (χ2v) is 10.2. The van der Waals surface area contributed by atoms with Crippen molar-refractivity contribution in [1.82, 2.24) is 0 Å². The molecule has 0 unspecified atom stereocenters. The molecule has 5 N–H and O–H groups in total. The molecule has 0 fully saturated rings. The van der Waals surface area contributed by atoms with Crippen LogP contribution in [0.25, 0.3) is 0 Å². The van der Waals surface area contributed by atoms with Gasteiger partial charge >= 0.3 is 11.7 Å². The number of carboxylic acids is 1. The Labute approximate surface area is 268 Å². The van der Waals surface area contributed by atoms with E-state index >= 15 is 0 Å². The molecule has 0 bridgehead atoms. The van der Waals surface area contributed by atoms with Crippen LogP contribution in [0.2, 0.25) is 0 Å². The van der Waals surface area contributed by atoms with Gasteiger partial charge in [-0.05, 0) is 42.5 Å². The molecule has 4 rings (SSSR count). The number of carboxylic acid groups (broad SMARTS) is 1. The van der Waals surface area contributed by atoms with E-state index in [1.54, 1.807) is 0 Å². The zero-order valence-electron chi connectivity index (χ0n) is 24.4. The van der Waals surface area contributed by atoms with E-state index in [2.05, 4.69) is 30.7 Å². The number of phenols is 3. The Kier molecular flexibility index (Phi) is 11.2. The Morgan fingerprint density at radius 1 is 0.667 bits per heavy atom. The number of non-ortho nitro benzene ring substituents is 1. The third-order valence-electron chi connectivity index (χ3n) is 5.69. The molecule has 0 radical (unpaired) electrons. The van der Waals surface area contributed by atoms with Gasteiger partial charge in [-0.3, -0.25) is 24.8 Å². The third-order valence-corrected chi connectivity index (χ3v) is 6.56. The molecule has 48 heavy (non-hydrogen) atoms. The number of nitrogens with zero attached hydrogens (tertiary/aromatic N) is 8. The van der Waals surface area contributed by atoms with Crippen LogP contribution in [0.4, 0.5) is 45.5 Å². The number of hydrogen-bond donors (Lipinski definition) is 5. The number of carbonyl (C=O) groups is 1. The van der Waals surface area contributed by atoms with Crippen LogP contribution in [-0.2, 0) is 10.1 Å². The summed E-state index contributed by atoms with van der Waals surface area (Å²) in [6, 6.07) is 11.2. The summed E-state index contributed by atoms with van der Waals surface area (Å²) in [4.78, 5) is 31.7. The molecule has 21 heteroatoms. The van der Waals surface area contributed by atoms with Gasteiger partial charge in [0.25, 0.3) is 15.8 Å². The lowest BCUT2D eigenvalue weighted by Crippen LogP contribution is -1.96. The maximum Gasteiger partial charge on any atom is 0.338 e. The normalized spacial score (nSPS) is 11.5. The predicted octanol–water partition coefficient (Wildman–Crippen LogP) is 7.84. The molecule has 0 atom stereocenters. The van der Waals surface area contributed by atoms with Gasteiger partial charge < -0.3 is 20.4 Å². The molecule has 0 saturated heterocycles. The van der Waals surface area contributed by atoms with Crippen molar-refractivity contribution in [2.45, 2.75) is 18.7 Å². The van der Waals surface area contributed by atoms with E-state index in [9.17, 15) is 53.9 Å². The fraction of sp³-hybridized carbons (Fsp3) is 0.0741. The van der Waals surface area contributed by atoms with Crippen LogP contribution in [0.5, 0.6) is 17.2 Å². The second-order valence-electron chi connectivity index (χ2n) is 8.75. The van der Waals surface area contributed by atoms with E-state index in [1.807, 2.05) is 13.8 Å². The molecule has 0 heterocycles. The number of aromatic hydroxyl groups is 3. The molecular weight excluding hydrogens is 660 g/mol. The van der Waals surface area contributed by atoms with Gasteiger partial charge in [0.15, 0.2) is 0 Å². The number of aromatic carboxylic acids is 1.